The number of sulfonamides is 1. The minimum Gasteiger partial charge on any atom is -0.343 e. The van der Waals surface area contributed by atoms with Gasteiger partial charge in [0.25, 0.3) is 10.0 Å². The van der Waals surface area contributed by atoms with Crippen LogP contribution in [0.3, 0.4) is 0 Å². The first kappa shape index (κ1) is 16.5. The van der Waals surface area contributed by atoms with Gasteiger partial charge in [0, 0.05) is 6.54 Å². The fourth-order valence-electron chi connectivity index (χ4n) is 2.38. The lowest BCUT2D eigenvalue weighted by atomic mass is 10.1. The van der Waals surface area contributed by atoms with Gasteiger partial charge in [-0.25, -0.2) is 18.1 Å². The molecule has 2 aromatic carbocycles. The van der Waals surface area contributed by atoms with Crippen LogP contribution < -0.4 is 10.0 Å². The third-order valence-electron chi connectivity index (χ3n) is 3.71. The van der Waals surface area contributed by atoms with Gasteiger partial charge < -0.3 is 5.32 Å². The molecule has 2 aromatic rings. The van der Waals surface area contributed by atoms with Gasteiger partial charge in [0.05, 0.1) is 18.2 Å². The van der Waals surface area contributed by atoms with Crippen molar-refractivity contribution in [1.82, 2.24) is 14.9 Å². The third kappa shape index (κ3) is 4.12. The zero-order valence-corrected chi connectivity index (χ0v) is 14.3. The van der Waals surface area contributed by atoms with E-state index in [9.17, 15) is 8.42 Å². The van der Waals surface area contributed by atoms with E-state index in [1.165, 1.54) is 11.1 Å². The molecule has 0 atom stereocenters. The van der Waals surface area contributed by atoms with Crippen molar-refractivity contribution in [3.63, 3.8) is 0 Å². The van der Waals surface area contributed by atoms with Crippen LogP contribution in [-0.4, -0.2) is 32.6 Å². The van der Waals surface area contributed by atoms with Gasteiger partial charge in [0.15, 0.2) is 0 Å². The Morgan fingerprint density at radius 2 is 1.83 bits per heavy atom. The molecule has 0 aromatic heterocycles. The quantitative estimate of drug-likeness (QED) is 0.884. The maximum atomic E-state index is 12.3. The number of aliphatic imine (C=N–C) groups is 1. The van der Waals surface area contributed by atoms with Crippen LogP contribution in [0.5, 0.6) is 0 Å². The van der Waals surface area contributed by atoms with Crippen molar-refractivity contribution in [3.05, 3.63) is 65.7 Å². The van der Waals surface area contributed by atoms with Gasteiger partial charge in [-0.15, -0.1) is 0 Å². The predicted molar refractivity (Wildman–Crippen MR) is 93.8 cm³/mol. The summed E-state index contributed by atoms with van der Waals surface area (Å²) < 4.78 is 27.0. The highest BCUT2D eigenvalue weighted by atomic mass is 32.2. The number of nitrogens with zero attached hydrogens (tertiary/aromatic N) is 2. The Morgan fingerprint density at radius 3 is 2.46 bits per heavy atom. The molecule has 7 heteroatoms. The van der Waals surface area contributed by atoms with Gasteiger partial charge in [-0.2, -0.15) is 0 Å². The summed E-state index contributed by atoms with van der Waals surface area (Å²) >= 11 is 0. The van der Waals surface area contributed by atoms with Crippen molar-refractivity contribution in [2.45, 2.75) is 18.4 Å². The van der Waals surface area contributed by atoms with Gasteiger partial charge in [-0.05, 0) is 24.6 Å². The molecular weight excluding hydrogens is 324 g/mol. The van der Waals surface area contributed by atoms with Crippen molar-refractivity contribution in [1.29, 1.82) is 0 Å². The Balaban J connectivity index is 1.60. The fourth-order valence-corrected chi connectivity index (χ4v) is 3.40. The SMILES string of the molecule is Cc1ccc(CN2CN=C(NS(=O)(=O)c3ccccc3)NC2)cc1. The Morgan fingerprint density at radius 1 is 1.12 bits per heavy atom. The zero-order valence-electron chi connectivity index (χ0n) is 13.4. The van der Waals surface area contributed by atoms with Crippen LogP contribution in [0.25, 0.3) is 0 Å². The molecular formula is C17H20N4O2S. The Bertz CT molecular complexity index is 817. The van der Waals surface area contributed by atoms with Gasteiger partial charge >= 0.3 is 0 Å². The van der Waals surface area contributed by atoms with Gasteiger partial charge in [-0.3, -0.25) is 4.90 Å². The molecule has 0 radical (unpaired) electrons. The number of benzene rings is 2. The molecule has 126 valence electrons. The zero-order chi connectivity index (χ0) is 17.0. The van der Waals surface area contributed by atoms with Crippen LogP contribution in [0.1, 0.15) is 11.1 Å². The average Bonchev–Trinajstić information content (AvgIpc) is 2.59. The first-order valence-electron chi connectivity index (χ1n) is 7.67. The van der Waals surface area contributed by atoms with Crippen molar-refractivity contribution in [2.75, 3.05) is 13.3 Å². The van der Waals surface area contributed by atoms with E-state index in [-0.39, 0.29) is 10.9 Å². The molecule has 0 unspecified atom stereocenters. The van der Waals surface area contributed by atoms with E-state index in [1.54, 1.807) is 30.3 Å². The molecule has 1 heterocycles. The highest BCUT2D eigenvalue weighted by molar-refractivity contribution is 7.90. The third-order valence-corrected chi connectivity index (χ3v) is 5.07. The minimum atomic E-state index is -3.60. The summed E-state index contributed by atoms with van der Waals surface area (Å²) in [5, 5.41) is 3.01. The first-order chi connectivity index (χ1) is 11.5. The standard InChI is InChI=1S/C17H20N4O2S/c1-14-7-9-15(10-8-14)11-21-12-18-17(19-13-21)20-24(22,23)16-5-3-2-4-6-16/h2-10H,11-13H2,1H3,(H2,18,19,20). The molecule has 24 heavy (non-hydrogen) atoms. The van der Waals surface area contributed by atoms with E-state index in [4.69, 9.17) is 0 Å². The Labute approximate surface area is 142 Å². The molecule has 0 spiro atoms. The molecule has 2 N–H and O–H groups in total. The number of guanidine groups is 1. The normalized spacial score (nSPS) is 15.5. The average molecular weight is 344 g/mol. The Hall–Kier alpha value is -2.38. The lowest BCUT2D eigenvalue weighted by Gasteiger charge is -2.27. The maximum absolute atomic E-state index is 12.3. The summed E-state index contributed by atoms with van der Waals surface area (Å²) in [4.78, 5) is 6.58. The number of rotatable bonds is 4. The van der Waals surface area contributed by atoms with E-state index in [0.717, 1.165) is 6.54 Å². The molecule has 0 saturated carbocycles. The summed E-state index contributed by atoms with van der Waals surface area (Å²) in [6, 6.07) is 16.6. The van der Waals surface area contributed by atoms with E-state index in [0.29, 0.717) is 13.3 Å². The number of hydrogen-bond acceptors (Lipinski definition) is 5. The highest BCUT2D eigenvalue weighted by Gasteiger charge is 2.19. The van der Waals surface area contributed by atoms with E-state index >= 15 is 0 Å². The molecule has 0 saturated heterocycles. The summed E-state index contributed by atoms with van der Waals surface area (Å²) in [7, 11) is -3.60. The predicted octanol–water partition coefficient (Wildman–Crippen LogP) is 1.65. The molecule has 0 amide bonds. The van der Waals surface area contributed by atoms with Crippen LogP contribution in [-0.2, 0) is 16.6 Å². The highest BCUT2D eigenvalue weighted by Crippen LogP contribution is 2.09. The second-order valence-corrected chi connectivity index (χ2v) is 7.40. The first-order valence-corrected chi connectivity index (χ1v) is 9.15. The number of nitrogens with one attached hydrogen (secondary N) is 2. The Kier molecular flexibility index (Phi) is 4.82. The fraction of sp³-hybridized carbons (Fsp3) is 0.235. The van der Waals surface area contributed by atoms with E-state index in [1.807, 2.05) is 0 Å². The molecule has 0 fully saturated rings. The maximum Gasteiger partial charge on any atom is 0.264 e. The lowest BCUT2D eigenvalue weighted by molar-refractivity contribution is 0.255. The summed E-state index contributed by atoms with van der Waals surface area (Å²) in [6.07, 6.45) is 0. The van der Waals surface area contributed by atoms with Crippen molar-refractivity contribution >= 4 is 16.0 Å². The number of aryl methyl sites for hydroxylation is 1. The molecule has 0 bridgehead atoms. The molecule has 1 aliphatic rings. The second kappa shape index (κ2) is 7.02. The summed E-state index contributed by atoms with van der Waals surface area (Å²) in [5.41, 5.74) is 2.43. The molecule has 1 aliphatic heterocycles. The van der Waals surface area contributed by atoms with Gasteiger partial charge in [0.1, 0.15) is 0 Å². The van der Waals surface area contributed by atoms with Crippen LogP contribution >= 0.6 is 0 Å². The molecule has 0 aliphatic carbocycles. The lowest BCUT2D eigenvalue weighted by Crippen LogP contribution is -2.49. The van der Waals surface area contributed by atoms with Gasteiger partial charge in [-0.1, -0.05) is 48.0 Å². The van der Waals surface area contributed by atoms with Crippen LogP contribution in [0.15, 0.2) is 64.5 Å². The van der Waals surface area contributed by atoms with Crippen LogP contribution in [0.2, 0.25) is 0 Å². The second-order valence-electron chi connectivity index (χ2n) is 5.72. The number of hydrogen-bond donors (Lipinski definition) is 2. The molecule has 3 rings (SSSR count). The summed E-state index contributed by atoms with van der Waals surface area (Å²) in [6.45, 7) is 3.79. The minimum absolute atomic E-state index is 0.219. The van der Waals surface area contributed by atoms with Crippen molar-refractivity contribution in [3.8, 4) is 0 Å². The topological polar surface area (TPSA) is 73.8 Å². The summed E-state index contributed by atoms with van der Waals surface area (Å²) in [5.74, 6) is 0.277. The smallest absolute Gasteiger partial charge is 0.264 e. The van der Waals surface area contributed by atoms with E-state index < -0.39 is 10.0 Å². The van der Waals surface area contributed by atoms with Crippen LogP contribution in [0.4, 0.5) is 0 Å². The van der Waals surface area contributed by atoms with E-state index in [2.05, 4.69) is 51.1 Å². The van der Waals surface area contributed by atoms with Crippen molar-refractivity contribution < 1.29 is 8.42 Å². The largest absolute Gasteiger partial charge is 0.343 e. The monoisotopic (exact) mass is 344 g/mol. The van der Waals surface area contributed by atoms with Crippen LogP contribution in [0, 0.1) is 6.92 Å². The molecule has 6 nitrogen and oxygen atoms in total. The van der Waals surface area contributed by atoms with Gasteiger partial charge in [0.2, 0.25) is 5.96 Å². The van der Waals surface area contributed by atoms with Crippen molar-refractivity contribution in [2.24, 2.45) is 4.99 Å².